The number of sulfonamides is 1. The van der Waals surface area contributed by atoms with E-state index in [2.05, 4.69) is 10.2 Å². The Labute approximate surface area is 180 Å². The molecular weight excluding hydrogens is 450 g/mol. The largest absolute Gasteiger partial charge is 0.416 e. The quantitative estimate of drug-likeness (QED) is 0.549. The van der Waals surface area contributed by atoms with E-state index < -0.39 is 19.9 Å². The number of hydrogen-bond acceptors (Lipinski definition) is 9. The van der Waals surface area contributed by atoms with E-state index in [1.54, 1.807) is 18.2 Å². The Morgan fingerprint density at radius 2 is 2.00 bits per heavy atom. The maximum absolute atomic E-state index is 12.8. The molecule has 1 aromatic carbocycles. The van der Waals surface area contributed by atoms with Crippen molar-refractivity contribution in [1.29, 1.82) is 0 Å². The lowest BCUT2D eigenvalue weighted by Gasteiger charge is -2.26. The maximum Gasteiger partial charge on any atom is 0.276 e. The van der Waals surface area contributed by atoms with Crippen molar-refractivity contribution in [1.82, 2.24) is 14.5 Å². The Balaban J connectivity index is 1.36. The summed E-state index contributed by atoms with van der Waals surface area (Å²) in [6.45, 7) is 1.52. The molecule has 0 aliphatic carbocycles. The van der Waals surface area contributed by atoms with Crippen LogP contribution in [0.2, 0.25) is 0 Å². The number of nitrogens with zero attached hydrogens (tertiary/aromatic N) is 3. The van der Waals surface area contributed by atoms with Crippen molar-refractivity contribution >= 4 is 31.6 Å². The molecule has 2 aliphatic rings. The van der Waals surface area contributed by atoms with Gasteiger partial charge in [0.2, 0.25) is 15.9 Å². The highest BCUT2D eigenvalue weighted by Crippen LogP contribution is 2.27. The summed E-state index contributed by atoms with van der Waals surface area (Å²) in [7, 11) is -6.48. The average Bonchev–Trinajstić information content (AvgIpc) is 3.33. The molecule has 0 amide bonds. The average molecular weight is 474 g/mol. The number of benzene rings is 1. The van der Waals surface area contributed by atoms with Gasteiger partial charge in [0.1, 0.15) is 0 Å². The molecule has 2 aliphatic heterocycles. The first-order valence-corrected chi connectivity index (χ1v) is 13.9. The van der Waals surface area contributed by atoms with Crippen molar-refractivity contribution in [3.05, 3.63) is 35.7 Å². The predicted molar refractivity (Wildman–Crippen MR) is 110 cm³/mol. The molecule has 164 valence electrons. The summed E-state index contributed by atoms with van der Waals surface area (Å²) < 4.78 is 61.1. The van der Waals surface area contributed by atoms with E-state index in [4.69, 9.17) is 9.15 Å². The Kier molecular flexibility index (Phi) is 6.49. The van der Waals surface area contributed by atoms with Gasteiger partial charge in [0, 0.05) is 25.3 Å². The molecule has 0 saturated carbocycles. The summed E-state index contributed by atoms with van der Waals surface area (Å²) in [5.41, 5.74) is 0.830. The van der Waals surface area contributed by atoms with Gasteiger partial charge in [-0.3, -0.25) is 0 Å². The van der Waals surface area contributed by atoms with Crippen molar-refractivity contribution < 1.29 is 26.0 Å². The summed E-state index contributed by atoms with van der Waals surface area (Å²) in [5.74, 6) is 1.32. The van der Waals surface area contributed by atoms with Crippen LogP contribution in [0.25, 0.3) is 0 Å². The second kappa shape index (κ2) is 8.95. The van der Waals surface area contributed by atoms with Crippen LogP contribution >= 0.6 is 11.8 Å². The van der Waals surface area contributed by atoms with Crippen LogP contribution in [0.5, 0.6) is 0 Å². The van der Waals surface area contributed by atoms with Crippen LogP contribution in [-0.2, 0) is 36.8 Å². The van der Waals surface area contributed by atoms with Crippen LogP contribution in [0.4, 0.5) is 0 Å². The predicted octanol–water partition coefficient (Wildman–Crippen LogP) is 1.36. The molecule has 9 nitrogen and oxygen atoms in total. The molecule has 12 heteroatoms. The van der Waals surface area contributed by atoms with Crippen molar-refractivity contribution in [2.45, 2.75) is 28.7 Å². The molecule has 1 atom stereocenters. The topological polar surface area (TPSA) is 120 Å². The second-order valence-electron chi connectivity index (χ2n) is 7.39. The number of ether oxygens (including phenoxy) is 1. The zero-order valence-corrected chi connectivity index (χ0v) is 18.7. The van der Waals surface area contributed by atoms with Crippen molar-refractivity contribution in [2.75, 3.05) is 37.8 Å². The third-order valence-corrected chi connectivity index (χ3v) is 9.73. The zero-order chi connectivity index (χ0) is 21.2. The smallest absolute Gasteiger partial charge is 0.276 e. The molecule has 30 heavy (non-hydrogen) atoms. The SMILES string of the molecule is O=S1(=O)CC[C@@H](Cc2nnc(SCc3cccc(S(=O)(=O)N4CCOCC4)c3)o2)C1. The molecule has 0 radical (unpaired) electrons. The van der Waals surface area contributed by atoms with Gasteiger partial charge in [-0.1, -0.05) is 23.9 Å². The summed E-state index contributed by atoms with van der Waals surface area (Å²) in [4.78, 5) is 0.260. The molecule has 0 unspecified atom stereocenters. The number of hydrogen-bond donors (Lipinski definition) is 0. The molecule has 2 fully saturated rings. The number of morpholine rings is 1. The molecule has 4 rings (SSSR count). The molecule has 0 bridgehead atoms. The minimum atomic E-state index is -3.54. The van der Waals surface area contributed by atoms with E-state index in [0.717, 1.165) is 5.56 Å². The maximum atomic E-state index is 12.8. The summed E-state index contributed by atoms with van der Waals surface area (Å²) in [6, 6.07) is 6.84. The van der Waals surface area contributed by atoms with Gasteiger partial charge in [-0.05, 0) is 30.0 Å². The fourth-order valence-electron chi connectivity index (χ4n) is 3.54. The molecule has 0 N–H and O–H groups in total. The highest BCUT2D eigenvalue weighted by Gasteiger charge is 2.29. The Morgan fingerprint density at radius 1 is 1.20 bits per heavy atom. The van der Waals surface area contributed by atoms with Gasteiger partial charge >= 0.3 is 0 Å². The monoisotopic (exact) mass is 473 g/mol. The molecular formula is C18H23N3O6S3. The van der Waals surface area contributed by atoms with E-state index in [1.165, 1.54) is 16.1 Å². The van der Waals surface area contributed by atoms with E-state index in [1.807, 2.05) is 6.07 Å². The molecule has 0 spiro atoms. The summed E-state index contributed by atoms with van der Waals surface area (Å²) in [6.07, 6.45) is 1.08. The number of thioether (sulfide) groups is 1. The van der Waals surface area contributed by atoms with Crippen LogP contribution in [0.15, 0.2) is 38.8 Å². The van der Waals surface area contributed by atoms with E-state index in [0.29, 0.717) is 56.0 Å². The standard InChI is InChI=1S/C18H23N3O6S3/c22-29(23)9-4-15(13-29)11-17-19-20-18(27-17)28-12-14-2-1-3-16(10-14)30(24,25)21-5-7-26-8-6-21/h1-3,10,15H,4-9,11-13H2/t15-/m0/s1. The van der Waals surface area contributed by atoms with E-state index in [-0.39, 0.29) is 22.3 Å². The first-order valence-electron chi connectivity index (χ1n) is 9.64. The number of rotatable bonds is 7. The van der Waals surface area contributed by atoms with Gasteiger partial charge in [-0.2, -0.15) is 4.31 Å². The number of aromatic nitrogens is 2. The normalized spacial score (nSPS) is 22.3. The lowest BCUT2D eigenvalue weighted by Crippen LogP contribution is -2.40. The van der Waals surface area contributed by atoms with Crippen molar-refractivity contribution in [3.63, 3.8) is 0 Å². The second-order valence-corrected chi connectivity index (χ2v) is 12.5. The van der Waals surface area contributed by atoms with Crippen molar-refractivity contribution in [2.24, 2.45) is 5.92 Å². The third kappa shape index (κ3) is 5.22. The van der Waals surface area contributed by atoms with Crippen LogP contribution in [-0.4, -0.2) is 69.1 Å². The zero-order valence-electron chi connectivity index (χ0n) is 16.3. The summed E-state index contributed by atoms with van der Waals surface area (Å²) >= 11 is 1.32. The lowest BCUT2D eigenvalue weighted by molar-refractivity contribution is 0.0730. The van der Waals surface area contributed by atoms with Gasteiger partial charge < -0.3 is 9.15 Å². The number of sulfone groups is 1. The van der Waals surface area contributed by atoms with E-state index in [9.17, 15) is 16.8 Å². The Morgan fingerprint density at radius 3 is 2.73 bits per heavy atom. The molecule has 2 aromatic rings. The van der Waals surface area contributed by atoms with Crippen LogP contribution in [0.1, 0.15) is 17.9 Å². The first-order chi connectivity index (χ1) is 14.3. The van der Waals surface area contributed by atoms with Gasteiger partial charge in [-0.25, -0.2) is 16.8 Å². The van der Waals surface area contributed by atoms with E-state index >= 15 is 0 Å². The van der Waals surface area contributed by atoms with Crippen molar-refractivity contribution in [3.8, 4) is 0 Å². The van der Waals surface area contributed by atoms with Gasteiger partial charge in [-0.15, -0.1) is 10.2 Å². The minimum Gasteiger partial charge on any atom is -0.416 e. The summed E-state index contributed by atoms with van der Waals surface area (Å²) in [5, 5.41) is 8.40. The highest BCUT2D eigenvalue weighted by atomic mass is 32.2. The Bertz CT molecular complexity index is 1090. The van der Waals surface area contributed by atoms with Gasteiger partial charge in [0.15, 0.2) is 9.84 Å². The highest BCUT2D eigenvalue weighted by molar-refractivity contribution is 7.98. The van der Waals surface area contributed by atoms with Gasteiger partial charge in [0.25, 0.3) is 5.22 Å². The van der Waals surface area contributed by atoms with Gasteiger partial charge in [0.05, 0.1) is 29.6 Å². The fourth-order valence-corrected chi connectivity index (χ4v) is 7.60. The molecule has 2 saturated heterocycles. The molecule has 3 heterocycles. The molecule has 1 aromatic heterocycles. The minimum absolute atomic E-state index is 0.0235. The van der Waals surface area contributed by atoms with Crippen LogP contribution in [0.3, 0.4) is 0 Å². The lowest BCUT2D eigenvalue weighted by atomic mass is 10.1. The Hall–Kier alpha value is -1.47. The third-order valence-electron chi connectivity index (χ3n) is 5.11. The fraction of sp³-hybridized carbons (Fsp3) is 0.556. The first kappa shape index (κ1) is 21.8. The van der Waals surface area contributed by atoms with Crippen LogP contribution in [0, 0.1) is 5.92 Å². The van der Waals surface area contributed by atoms with Crippen LogP contribution < -0.4 is 0 Å².